The fourth-order valence-electron chi connectivity index (χ4n) is 0. The normalized spacial score (nSPS) is 9.08. The summed E-state index contributed by atoms with van der Waals surface area (Å²) in [4.78, 5) is 18.6. The minimum absolute atomic E-state index is 0. The first kappa shape index (κ1) is 31.7. The summed E-state index contributed by atoms with van der Waals surface area (Å²) in [6.07, 6.45) is 0. The molecule has 0 fully saturated rings. The number of rotatable bonds is 0. The summed E-state index contributed by atoms with van der Waals surface area (Å²) in [5, 5.41) is 0. The van der Waals surface area contributed by atoms with Crippen LogP contribution in [0.5, 0.6) is 0 Å². The molecule has 0 aliphatic rings. The molecule has 0 aromatic carbocycles. The summed E-state index contributed by atoms with van der Waals surface area (Å²) in [7, 11) is 0. The average molecular weight is 666 g/mol. The van der Waals surface area contributed by atoms with E-state index in [1.807, 2.05) is 0 Å². The van der Waals surface area contributed by atoms with Crippen molar-refractivity contribution in [3.63, 3.8) is 0 Å². The molecule has 0 aliphatic heterocycles. The van der Waals surface area contributed by atoms with Crippen molar-refractivity contribution in [1.82, 2.24) is 0 Å². The molecule has 0 bridgehead atoms. The van der Waals surface area contributed by atoms with Crippen molar-refractivity contribution >= 4 is 207 Å². The van der Waals surface area contributed by atoms with Crippen LogP contribution in [0, 0.1) is 0 Å². The Balaban J connectivity index is -0.0000000267. The molecule has 0 radical (unpaired) electrons. The van der Waals surface area contributed by atoms with Gasteiger partial charge in [-0.2, -0.15) is 0 Å². The van der Waals surface area contributed by atoms with Crippen LogP contribution < -0.4 is 9.79 Å². The molecule has 0 rings (SSSR count). The molecule has 0 atom stereocenters. The Bertz CT molecular complexity index is 138. The minimum atomic E-state index is -3.72. The molecule has 0 aliphatic carbocycles. The van der Waals surface area contributed by atoms with Gasteiger partial charge in [0.2, 0.25) is 0 Å². The maximum absolute atomic E-state index is 9.29. The Hall–Kier alpha value is 6.49. The van der Waals surface area contributed by atoms with Gasteiger partial charge in [-0.3, -0.25) is 11.5 Å². The second-order valence-electron chi connectivity index (χ2n) is 0.894. The van der Waals surface area contributed by atoms with E-state index in [2.05, 4.69) is 49.0 Å². The van der Waals surface area contributed by atoms with E-state index >= 15 is 0 Å². The van der Waals surface area contributed by atoms with Crippen molar-refractivity contribution in [2.45, 2.75) is 0 Å². The van der Waals surface area contributed by atoms with Crippen LogP contribution in [0.2, 0.25) is 0 Å². The van der Waals surface area contributed by atoms with Crippen molar-refractivity contribution in [2.75, 3.05) is 0 Å². The number of hydrogen-bond donors (Lipinski definition) is 0. The first-order chi connectivity index (χ1) is 4.00. The smallest absolute Gasteiger partial charge is 0.835 e. The van der Waals surface area contributed by atoms with Gasteiger partial charge in [0.05, 0.1) is 0 Å². The zero-order valence-corrected chi connectivity index (χ0v) is 24.7. The van der Waals surface area contributed by atoms with E-state index in [1.54, 1.807) is 0 Å². The van der Waals surface area contributed by atoms with Gasteiger partial charge in [0.25, 0.3) is 0 Å². The van der Waals surface area contributed by atoms with Crippen molar-refractivity contribution in [2.24, 2.45) is 0 Å². The topological polar surface area (TPSA) is 80.3 Å². The molecule has 64 valence electrons. The third kappa shape index (κ3) is 119. The summed E-state index contributed by atoms with van der Waals surface area (Å²) in [5.74, 6) is -7.44. The molecule has 0 spiro atoms. The molecule has 0 aromatic rings. The third-order valence-electron chi connectivity index (χ3n) is 0. The molecule has 0 saturated heterocycles. The van der Waals surface area contributed by atoms with Crippen LogP contribution in [0.1, 0.15) is 0 Å². The zero-order chi connectivity index (χ0) is 9.00. The fourth-order valence-corrected chi connectivity index (χ4v) is 0. The molecule has 13 heteroatoms. The van der Waals surface area contributed by atoms with Crippen LogP contribution in [0.25, 0.3) is 0 Å². The minimum Gasteiger partial charge on any atom is -0.835 e. The molecule has 0 heterocycles. The summed E-state index contributed by atoms with van der Waals surface area (Å²) in [5.41, 5.74) is 0. The Morgan fingerprint density at radius 3 is 0.692 bits per heavy atom. The van der Waals surface area contributed by atoms with Gasteiger partial charge in [0.1, 0.15) is 0 Å². The summed E-state index contributed by atoms with van der Waals surface area (Å²) in [6.45, 7) is 0. The zero-order valence-electron chi connectivity index (χ0n) is 6.28. The van der Waals surface area contributed by atoms with Crippen LogP contribution in [0.15, 0.2) is 0 Å². The quantitative estimate of drug-likeness (QED) is 0.167. The maximum atomic E-state index is 9.29. The van der Waals surface area contributed by atoms with Gasteiger partial charge in [0, 0.05) is 0 Å². The standard InChI is InChI=1S/3Ba.2H3O2PS2/c;;;2*1-3(2,4)5/h;;;2*(H3,1,2,4,5)/q3*+2;;/p-6. The molecule has 0 amide bonds. The molecular weight excluding hydrogens is 666 g/mol. The van der Waals surface area contributed by atoms with Gasteiger partial charge in [0.15, 0.2) is 0 Å². The SMILES string of the molecule is O=P([O-])([S-])[S-].O=P([O-])([S-])[S-].[Ba+2].[Ba+2].[Ba+2]. The molecule has 4 nitrogen and oxygen atoms in total. The molecule has 0 saturated carbocycles. The Kier molecular flexibility index (Phi) is 40.4. The molecule has 0 unspecified atom stereocenters. The second-order valence-corrected chi connectivity index (χ2v) is 9.84. The van der Waals surface area contributed by atoms with E-state index in [1.165, 1.54) is 0 Å². The largest absolute Gasteiger partial charge is 2.00 e. The van der Waals surface area contributed by atoms with Gasteiger partial charge >= 0.3 is 147 Å². The first-order valence-corrected chi connectivity index (χ1v) is 8.76. The third-order valence-corrected chi connectivity index (χ3v) is 0. The predicted octanol–water partition coefficient (Wildman–Crippen LogP) is -2.05. The van der Waals surface area contributed by atoms with E-state index < -0.39 is 11.5 Å². The van der Waals surface area contributed by atoms with Gasteiger partial charge in [-0.05, 0) is 0 Å². The average Bonchev–Trinajstić information content (AvgIpc) is 1.12. The van der Waals surface area contributed by atoms with Gasteiger partial charge in [-0.25, -0.2) is 0 Å². The predicted molar refractivity (Wildman–Crippen MR) is 61.9 cm³/mol. The summed E-state index contributed by atoms with van der Waals surface area (Å²) in [6, 6.07) is 0. The Morgan fingerprint density at radius 2 is 0.692 bits per heavy atom. The van der Waals surface area contributed by atoms with Gasteiger partial charge in [-0.15, -0.1) is 0 Å². The Morgan fingerprint density at radius 1 is 0.692 bits per heavy atom. The van der Waals surface area contributed by atoms with E-state index in [9.17, 15) is 18.9 Å². The Labute approximate surface area is 219 Å². The monoisotopic (exact) mass is 668 g/mol. The molecule has 13 heavy (non-hydrogen) atoms. The fraction of sp³-hybridized carbons (Fsp3) is 0. The summed E-state index contributed by atoms with van der Waals surface area (Å²) >= 11 is 14.6. The van der Waals surface area contributed by atoms with E-state index in [0.717, 1.165) is 0 Å². The molecule has 0 aromatic heterocycles. The first-order valence-electron chi connectivity index (χ1n) is 1.46. The van der Waals surface area contributed by atoms with Crippen LogP contribution in [-0.2, 0) is 58.1 Å². The van der Waals surface area contributed by atoms with E-state index in [0.29, 0.717) is 0 Å². The van der Waals surface area contributed by atoms with E-state index in [4.69, 9.17) is 0 Å². The van der Waals surface area contributed by atoms with Crippen molar-refractivity contribution < 1.29 is 18.9 Å². The van der Waals surface area contributed by atoms with Crippen LogP contribution in [0.3, 0.4) is 0 Å². The van der Waals surface area contributed by atoms with Crippen LogP contribution in [-0.4, -0.2) is 147 Å². The van der Waals surface area contributed by atoms with Crippen molar-refractivity contribution in [1.29, 1.82) is 0 Å². The van der Waals surface area contributed by atoms with Crippen LogP contribution in [0.4, 0.5) is 0 Å². The van der Waals surface area contributed by atoms with Gasteiger partial charge < -0.3 is 67.9 Å². The number of hydrogen-bond acceptors (Lipinski definition) is 8. The molecule has 0 N–H and O–H groups in total. The van der Waals surface area contributed by atoms with Crippen molar-refractivity contribution in [3.05, 3.63) is 0 Å². The van der Waals surface area contributed by atoms with Crippen LogP contribution >= 0.6 is 11.5 Å². The van der Waals surface area contributed by atoms with E-state index in [-0.39, 0.29) is 147 Å². The molecular formula is Ba3O4P2S4. The van der Waals surface area contributed by atoms with Gasteiger partial charge in [-0.1, -0.05) is 0 Å². The second kappa shape index (κ2) is 16.5. The summed E-state index contributed by atoms with van der Waals surface area (Å²) < 4.78 is 18.6. The maximum Gasteiger partial charge on any atom is 2.00 e. The van der Waals surface area contributed by atoms with Crippen molar-refractivity contribution in [3.8, 4) is 0 Å².